The van der Waals surface area contributed by atoms with Crippen LogP contribution < -0.4 is 0 Å². The summed E-state index contributed by atoms with van der Waals surface area (Å²) in [6, 6.07) is 0. The van der Waals surface area contributed by atoms with Gasteiger partial charge < -0.3 is 15.3 Å². The van der Waals surface area contributed by atoms with Crippen LogP contribution in [-0.4, -0.2) is 33.1 Å². The Morgan fingerprint density at radius 3 is 2.48 bits per heavy atom. The van der Waals surface area contributed by atoms with Gasteiger partial charge in [0.15, 0.2) is 0 Å². The van der Waals surface area contributed by atoms with E-state index in [1.165, 1.54) is 62.5 Å². The van der Waals surface area contributed by atoms with Crippen molar-refractivity contribution in [2.45, 2.75) is 142 Å². The van der Waals surface area contributed by atoms with Gasteiger partial charge in [-0.1, -0.05) is 57.3 Å². The summed E-state index contributed by atoms with van der Waals surface area (Å²) in [5.74, 6) is 2.17. The fraction of sp³-hybridized carbons (Fsp3) is 0.867. The van der Waals surface area contributed by atoms with Crippen LogP contribution in [0.4, 0.5) is 0 Å². The lowest BCUT2D eigenvalue weighted by atomic mass is 9.60. The van der Waals surface area contributed by atoms with Crippen molar-refractivity contribution >= 4 is 0 Å². The normalized spacial score (nSPS) is 35.0. The van der Waals surface area contributed by atoms with Gasteiger partial charge in [-0.05, 0) is 113 Å². The molecule has 3 saturated carbocycles. The van der Waals surface area contributed by atoms with E-state index in [-0.39, 0.29) is 0 Å². The van der Waals surface area contributed by atoms with Crippen molar-refractivity contribution < 1.29 is 15.3 Å². The van der Waals surface area contributed by atoms with E-state index in [0.717, 1.165) is 38.0 Å². The highest BCUT2D eigenvalue weighted by atomic mass is 16.3. The first-order valence-electron chi connectivity index (χ1n) is 14.0. The Bertz CT molecular complexity index is 688. The Hall–Kier alpha value is -0.640. The molecule has 0 radical (unpaired) electrons. The fourth-order valence-corrected chi connectivity index (χ4v) is 7.58. The van der Waals surface area contributed by atoms with Gasteiger partial charge in [0.05, 0.1) is 17.8 Å². The van der Waals surface area contributed by atoms with Crippen LogP contribution in [0.2, 0.25) is 0 Å². The minimum absolute atomic E-state index is 0.393. The number of rotatable bonds is 9. The third kappa shape index (κ3) is 6.95. The molecule has 0 amide bonds. The number of aliphatic hydroxyl groups excluding tert-OH is 2. The topological polar surface area (TPSA) is 60.7 Å². The maximum Gasteiger partial charge on any atom is 0.0602 e. The number of hydrogen-bond donors (Lipinski definition) is 3. The van der Waals surface area contributed by atoms with Gasteiger partial charge in [-0.3, -0.25) is 0 Å². The summed E-state index contributed by atoms with van der Waals surface area (Å²) in [5.41, 5.74) is 4.23. The van der Waals surface area contributed by atoms with E-state index in [9.17, 15) is 15.3 Å². The van der Waals surface area contributed by atoms with Crippen molar-refractivity contribution in [1.29, 1.82) is 0 Å². The Morgan fingerprint density at radius 2 is 1.85 bits per heavy atom. The summed E-state index contributed by atoms with van der Waals surface area (Å²) in [5, 5.41) is 30.7. The lowest BCUT2D eigenvalue weighted by Gasteiger charge is -2.44. The van der Waals surface area contributed by atoms with Crippen molar-refractivity contribution in [1.82, 2.24) is 0 Å². The molecule has 3 heteroatoms. The molecule has 0 aromatic heterocycles. The van der Waals surface area contributed by atoms with Gasteiger partial charge >= 0.3 is 0 Å². The summed E-state index contributed by atoms with van der Waals surface area (Å²) in [7, 11) is 0. The number of unbranched alkanes of at least 4 members (excludes halogenated alkanes) is 1. The molecule has 3 aliphatic carbocycles. The Morgan fingerprint density at radius 1 is 1.15 bits per heavy atom. The monoisotopic (exact) mass is 460 g/mol. The summed E-state index contributed by atoms with van der Waals surface area (Å²) in [6.07, 6.45) is 16.9. The van der Waals surface area contributed by atoms with E-state index in [0.29, 0.717) is 23.7 Å². The lowest BCUT2D eigenvalue weighted by molar-refractivity contribution is 0.0589. The lowest BCUT2D eigenvalue weighted by Crippen LogP contribution is -2.36. The van der Waals surface area contributed by atoms with E-state index in [2.05, 4.69) is 26.8 Å². The minimum atomic E-state index is -0.550. The predicted octanol–water partition coefficient (Wildman–Crippen LogP) is 7.10. The molecule has 3 rings (SSSR count). The van der Waals surface area contributed by atoms with Crippen molar-refractivity contribution in [2.24, 2.45) is 23.2 Å². The maximum absolute atomic E-state index is 10.3. The molecule has 3 nitrogen and oxygen atoms in total. The van der Waals surface area contributed by atoms with Gasteiger partial charge in [-0.15, -0.1) is 0 Å². The molecule has 33 heavy (non-hydrogen) atoms. The van der Waals surface area contributed by atoms with Crippen LogP contribution in [0.25, 0.3) is 0 Å². The molecule has 3 fully saturated rings. The van der Waals surface area contributed by atoms with Crippen LogP contribution in [0.1, 0.15) is 125 Å². The highest BCUT2D eigenvalue weighted by molar-refractivity contribution is 5.34. The van der Waals surface area contributed by atoms with E-state index in [4.69, 9.17) is 0 Å². The largest absolute Gasteiger partial charge is 0.393 e. The van der Waals surface area contributed by atoms with Crippen LogP contribution in [0.5, 0.6) is 0 Å². The number of allylic oxidation sites excluding steroid dienone is 3. The van der Waals surface area contributed by atoms with Crippen LogP contribution in [-0.2, 0) is 0 Å². The Balaban J connectivity index is 1.78. The maximum atomic E-state index is 10.3. The molecule has 0 aromatic carbocycles. The SMILES string of the molecule is CCCCC(/C=C1\CCC[C@]2(C)[C@@H]([C@H](C)CCCC(C)(C)O)CC[C@@H]12)=C1C[C@@H](O)C[C@H](O)C1. The standard InChI is InChI=1S/C30H52O3/c1-6-7-11-22(24-18-25(31)20-26(32)19-24)17-23-12-9-16-30(5)27(13-14-28(23)30)21(2)10-8-15-29(3,4)33/h17,21,25-28,31-33H,6-16,18-20H2,1-5H3/b23-17+/t21-,25-,26-,27-,28+,30-/m1/s1. The Labute approximate surface area is 203 Å². The second-order valence-corrected chi connectivity index (χ2v) is 12.7. The first kappa shape index (κ1) is 27.0. The quantitative estimate of drug-likeness (QED) is 0.344. The van der Waals surface area contributed by atoms with E-state index < -0.39 is 17.8 Å². The zero-order valence-corrected chi connectivity index (χ0v) is 22.2. The van der Waals surface area contributed by atoms with Crippen LogP contribution in [0, 0.1) is 23.2 Å². The average molecular weight is 461 g/mol. The molecule has 3 aliphatic rings. The molecule has 3 N–H and O–H groups in total. The molecule has 0 spiro atoms. The van der Waals surface area contributed by atoms with Gasteiger partial charge in [0.25, 0.3) is 0 Å². The van der Waals surface area contributed by atoms with Gasteiger partial charge in [0.2, 0.25) is 0 Å². The number of fused-ring (bicyclic) bond motifs is 1. The Kier molecular flexibility index (Phi) is 9.31. The van der Waals surface area contributed by atoms with Gasteiger partial charge in [0, 0.05) is 0 Å². The molecule has 6 atom stereocenters. The van der Waals surface area contributed by atoms with Gasteiger partial charge in [-0.2, -0.15) is 0 Å². The smallest absolute Gasteiger partial charge is 0.0602 e. The second-order valence-electron chi connectivity index (χ2n) is 12.7. The van der Waals surface area contributed by atoms with Crippen LogP contribution in [0.15, 0.2) is 22.8 Å². The van der Waals surface area contributed by atoms with Crippen molar-refractivity contribution in [3.63, 3.8) is 0 Å². The average Bonchev–Trinajstić information content (AvgIpc) is 3.07. The first-order valence-corrected chi connectivity index (χ1v) is 14.0. The molecule has 0 aliphatic heterocycles. The third-order valence-electron chi connectivity index (χ3n) is 9.29. The van der Waals surface area contributed by atoms with Crippen molar-refractivity contribution in [3.8, 4) is 0 Å². The summed E-state index contributed by atoms with van der Waals surface area (Å²) in [6.45, 7) is 11.1. The van der Waals surface area contributed by atoms with Crippen molar-refractivity contribution in [2.75, 3.05) is 0 Å². The molecule has 0 saturated heterocycles. The first-order chi connectivity index (χ1) is 15.5. The third-order valence-corrected chi connectivity index (χ3v) is 9.29. The predicted molar refractivity (Wildman–Crippen MR) is 138 cm³/mol. The molecule has 0 unspecified atom stereocenters. The minimum Gasteiger partial charge on any atom is -0.393 e. The van der Waals surface area contributed by atoms with Crippen molar-refractivity contribution in [3.05, 3.63) is 22.8 Å². The van der Waals surface area contributed by atoms with E-state index in [1.807, 2.05) is 13.8 Å². The molecule has 0 heterocycles. The second kappa shape index (κ2) is 11.4. The zero-order chi connectivity index (χ0) is 24.2. The summed E-state index contributed by atoms with van der Waals surface area (Å²) < 4.78 is 0. The molecule has 190 valence electrons. The molecule has 0 aromatic rings. The fourth-order valence-electron chi connectivity index (χ4n) is 7.58. The van der Waals surface area contributed by atoms with Crippen LogP contribution >= 0.6 is 0 Å². The molecule has 0 bridgehead atoms. The zero-order valence-electron chi connectivity index (χ0n) is 22.2. The van der Waals surface area contributed by atoms with Gasteiger partial charge in [-0.25, -0.2) is 0 Å². The molecular formula is C30H52O3. The summed E-state index contributed by atoms with van der Waals surface area (Å²) >= 11 is 0. The molecular weight excluding hydrogens is 408 g/mol. The van der Waals surface area contributed by atoms with Gasteiger partial charge in [0.1, 0.15) is 0 Å². The van der Waals surface area contributed by atoms with Crippen LogP contribution in [0.3, 0.4) is 0 Å². The van der Waals surface area contributed by atoms with E-state index in [1.54, 1.807) is 5.57 Å². The number of hydrogen-bond acceptors (Lipinski definition) is 3. The highest BCUT2D eigenvalue weighted by Gasteiger charge is 2.50. The highest BCUT2D eigenvalue weighted by Crippen LogP contribution is 2.60. The number of aliphatic hydroxyl groups is 3. The summed E-state index contributed by atoms with van der Waals surface area (Å²) in [4.78, 5) is 0. The van der Waals surface area contributed by atoms with E-state index >= 15 is 0 Å².